The molecule has 0 saturated heterocycles. The normalized spacial score (nSPS) is 22.6. The Bertz CT molecular complexity index is 460. The molecule has 0 bridgehead atoms. The van der Waals surface area contributed by atoms with E-state index in [1.165, 1.54) is 18.2 Å². The lowest BCUT2D eigenvalue weighted by Crippen LogP contribution is -2.40. The quantitative estimate of drug-likeness (QED) is 0.891. The number of nitrogens with one attached hydrogen (secondary N) is 1. The van der Waals surface area contributed by atoms with Gasteiger partial charge in [-0.3, -0.25) is 4.79 Å². The van der Waals surface area contributed by atoms with Crippen molar-refractivity contribution in [1.29, 1.82) is 0 Å². The van der Waals surface area contributed by atoms with Crippen molar-refractivity contribution in [3.05, 3.63) is 29.8 Å². The highest BCUT2D eigenvalue weighted by atomic mass is 19.3. The van der Waals surface area contributed by atoms with Gasteiger partial charge in [-0.2, -0.15) is 8.78 Å². The van der Waals surface area contributed by atoms with E-state index in [-0.39, 0.29) is 23.7 Å². The largest absolute Gasteiger partial charge is 0.435 e. The predicted molar refractivity (Wildman–Crippen MR) is 70.8 cm³/mol. The van der Waals surface area contributed by atoms with Crippen molar-refractivity contribution >= 4 is 5.91 Å². The molecular formula is C14H18F2N2O2. The van der Waals surface area contributed by atoms with Gasteiger partial charge in [0.2, 0.25) is 0 Å². The molecule has 0 atom stereocenters. The van der Waals surface area contributed by atoms with Crippen LogP contribution in [-0.4, -0.2) is 24.6 Å². The summed E-state index contributed by atoms with van der Waals surface area (Å²) in [5.74, 6) is -0.288. The lowest BCUT2D eigenvalue weighted by molar-refractivity contribution is -0.0498. The lowest BCUT2D eigenvalue weighted by Gasteiger charge is -2.26. The molecule has 1 fully saturated rings. The fourth-order valence-electron chi connectivity index (χ4n) is 2.35. The second kappa shape index (κ2) is 6.65. The molecule has 1 saturated carbocycles. The first-order chi connectivity index (χ1) is 9.54. The van der Waals surface area contributed by atoms with Crippen molar-refractivity contribution < 1.29 is 18.3 Å². The van der Waals surface area contributed by atoms with E-state index < -0.39 is 6.61 Å². The minimum absolute atomic E-state index is 0.0154. The average molecular weight is 284 g/mol. The molecule has 0 unspecified atom stereocenters. The van der Waals surface area contributed by atoms with E-state index in [4.69, 9.17) is 5.73 Å². The predicted octanol–water partition coefficient (Wildman–Crippen LogP) is 2.29. The summed E-state index contributed by atoms with van der Waals surface area (Å²) >= 11 is 0. The third kappa shape index (κ3) is 4.16. The minimum atomic E-state index is -2.90. The van der Waals surface area contributed by atoms with Crippen LogP contribution in [0, 0.1) is 0 Å². The monoisotopic (exact) mass is 284 g/mol. The highest BCUT2D eigenvalue weighted by Gasteiger charge is 2.20. The maximum Gasteiger partial charge on any atom is 0.387 e. The molecule has 110 valence electrons. The molecule has 0 heterocycles. The summed E-state index contributed by atoms with van der Waals surface area (Å²) in [6, 6.07) is 6.11. The van der Waals surface area contributed by atoms with E-state index >= 15 is 0 Å². The SMILES string of the molecule is NC1CCC(NC(=O)c2cccc(OC(F)F)c2)CC1. The Balaban J connectivity index is 1.95. The molecule has 1 aromatic rings. The van der Waals surface area contributed by atoms with Crippen LogP contribution in [0.5, 0.6) is 5.75 Å². The van der Waals surface area contributed by atoms with Crippen LogP contribution in [0.2, 0.25) is 0 Å². The van der Waals surface area contributed by atoms with Crippen molar-refractivity contribution in [3.63, 3.8) is 0 Å². The zero-order valence-electron chi connectivity index (χ0n) is 11.0. The van der Waals surface area contributed by atoms with Crippen molar-refractivity contribution in [1.82, 2.24) is 5.32 Å². The Morgan fingerprint density at radius 1 is 1.30 bits per heavy atom. The van der Waals surface area contributed by atoms with Crippen molar-refractivity contribution in [2.75, 3.05) is 0 Å². The Morgan fingerprint density at radius 2 is 2.00 bits per heavy atom. The summed E-state index contributed by atoms with van der Waals surface area (Å²) < 4.78 is 28.5. The fraction of sp³-hybridized carbons (Fsp3) is 0.500. The van der Waals surface area contributed by atoms with Crippen molar-refractivity contribution in [3.8, 4) is 5.75 Å². The first kappa shape index (κ1) is 14.7. The number of carbonyl (C=O) groups is 1. The third-order valence-electron chi connectivity index (χ3n) is 3.43. The van der Waals surface area contributed by atoms with Crippen LogP contribution in [0.4, 0.5) is 8.78 Å². The zero-order valence-corrected chi connectivity index (χ0v) is 11.0. The number of hydrogen-bond acceptors (Lipinski definition) is 3. The van der Waals surface area contributed by atoms with Gasteiger partial charge >= 0.3 is 6.61 Å². The van der Waals surface area contributed by atoms with E-state index in [0.29, 0.717) is 5.56 Å². The fourth-order valence-corrected chi connectivity index (χ4v) is 2.35. The highest BCUT2D eigenvalue weighted by Crippen LogP contribution is 2.19. The Kier molecular flexibility index (Phi) is 4.89. The van der Waals surface area contributed by atoms with E-state index in [1.54, 1.807) is 6.07 Å². The van der Waals surface area contributed by atoms with E-state index in [1.807, 2.05) is 0 Å². The van der Waals surface area contributed by atoms with Crippen LogP contribution >= 0.6 is 0 Å². The maximum absolute atomic E-state index is 12.1. The van der Waals surface area contributed by atoms with E-state index in [2.05, 4.69) is 10.1 Å². The summed E-state index contributed by atoms with van der Waals surface area (Å²) in [5.41, 5.74) is 6.12. The number of alkyl halides is 2. The summed E-state index contributed by atoms with van der Waals surface area (Å²) in [7, 11) is 0. The summed E-state index contributed by atoms with van der Waals surface area (Å²) in [6.07, 6.45) is 3.47. The van der Waals surface area contributed by atoms with Crippen LogP contribution in [0.3, 0.4) is 0 Å². The lowest BCUT2D eigenvalue weighted by atomic mass is 9.91. The van der Waals surface area contributed by atoms with Gasteiger partial charge in [0.05, 0.1) is 0 Å². The molecule has 0 aliphatic heterocycles. The number of amides is 1. The molecule has 0 spiro atoms. The summed E-state index contributed by atoms with van der Waals surface area (Å²) in [6.45, 7) is -2.90. The zero-order chi connectivity index (χ0) is 14.5. The molecule has 4 nitrogen and oxygen atoms in total. The van der Waals surface area contributed by atoms with Crippen molar-refractivity contribution in [2.24, 2.45) is 5.73 Å². The van der Waals surface area contributed by atoms with Gasteiger partial charge in [-0.05, 0) is 43.9 Å². The van der Waals surface area contributed by atoms with Gasteiger partial charge < -0.3 is 15.8 Å². The van der Waals surface area contributed by atoms with Crippen LogP contribution in [0.25, 0.3) is 0 Å². The topological polar surface area (TPSA) is 64.3 Å². The number of benzene rings is 1. The number of carbonyl (C=O) groups excluding carboxylic acids is 1. The second-order valence-electron chi connectivity index (χ2n) is 4.99. The van der Waals surface area contributed by atoms with Gasteiger partial charge in [-0.25, -0.2) is 0 Å². The summed E-state index contributed by atoms with van der Waals surface area (Å²) in [5, 5.41) is 2.90. The number of ether oxygens (including phenoxy) is 1. The molecule has 6 heteroatoms. The third-order valence-corrected chi connectivity index (χ3v) is 3.43. The van der Waals surface area contributed by atoms with Crippen LogP contribution in [-0.2, 0) is 0 Å². The first-order valence-corrected chi connectivity index (χ1v) is 6.66. The van der Waals surface area contributed by atoms with Gasteiger partial charge in [-0.1, -0.05) is 6.07 Å². The molecule has 1 aliphatic carbocycles. The molecule has 0 aromatic heterocycles. The summed E-state index contributed by atoms with van der Waals surface area (Å²) in [4.78, 5) is 12.0. The number of rotatable bonds is 4. The van der Waals surface area contributed by atoms with Crippen molar-refractivity contribution in [2.45, 2.75) is 44.4 Å². The standard InChI is InChI=1S/C14H18F2N2O2/c15-14(16)20-12-3-1-2-9(8-12)13(19)18-11-6-4-10(17)5-7-11/h1-3,8,10-11,14H,4-7,17H2,(H,18,19). The van der Waals surface area contributed by atoms with E-state index in [0.717, 1.165) is 25.7 Å². The Hall–Kier alpha value is -1.69. The smallest absolute Gasteiger partial charge is 0.387 e. The van der Waals surface area contributed by atoms with Gasteiger partial charge in [0.25, 0.3) is 5.91 Å². The maximum atomic E-state index is 12.1. The van der Waals surface area contributed by atoms with Gasteiger partial charge in [0, 0.05) is 17.6 Å². The van der Waals surface area contributed by atoms with Gasteiger partial charge in [0.15, 0.2) is 0 Å². The highest BCUT2D eigenvalue weighted by molar-refractivity contribution is 5.94. The minimum Gasteiger partial charge on any atom is -0.435 e. The number of nitrogens with two attached hydrogens (primary N) is 1. The number of hydrogen-bond donors (Lipinski definition) is 2. The Morgan fingerprint density at radius 3 is 2.65 bits per heavy atom. The van der Waals surface area contributed by atoms with Crippen LogP contribution < -0.4 is 15.8 Å². The molecule has 1 amide bonds. The molecule has 3 N–H and O–H groups in total. The molecule has 20 heavy (non-hydrogen) atoms. The molecule has 1 aromatic carbocycles. The molecule has 0 radical (unpaired) electrons. The van der Waals surface area contributed by atoms with Crippen LogP contribution in [0.1, 0.15) is 36.0 Å². The Labute approximate surface area is 116 Å². The number of halogens is 2. The second-order valence-corrected chi connectivity index (χ2v) is 4.99. The van der Waals surface area contributed by atoms with Gasteiger partial charge in [0.1, 0.15) is 5.75 Å². The van der Waals surface area contributed by atoms with Crippen LogP contribution in [0.15, 0.2) is 24.3 Å². The molecule has 1 aliphatic rings. The van der Waals surface area contributed by atoms with Gasteiger partial charge in [-0.15, -0.1) is 0 Å². The average Bonchev–Trinajstić information content (AvgIpc) is 2.41. The first-order valence-electron chi connectivity index (χ1n) is 6.66. The van der Waals surface area contributed by atoms with E-state index in [9.17, 15) is 13.6 Å². The molecular weight excluding hydrogens is 266 g/mol. The molecule has 2 rings (SSSR count).